The number of nitrogens with one attached hydrogen (secondary N) is 1. The van der Waals surface area contributed by atoms with Crippen molar-refractivity contribution < 1.29 is 18.0 Å². The summed E-state index contributed by atoms with van der Waals surface area (Å²) in [5, 5.41) is 3.42. The molecule has 0 fully saturated rings. The molecule has 0 aliphatic heterocycles. The summed E-state index contributed by atoms with van der Waals surface area (Å²) in [6.07, 6.45) is -4.38. The van der Waals surface area contributed by atoms with Gasteiger partial charge < -0.3 is 5.32 Å². The fraction of sp³-hybridized carbons (Fsp3) is 0.0952. The topological polar surface area (TPSA) is 29.1 Å². The van der Waals surface area contributed by atoms with Crippen LogP contribution in [-0.4, -0.2) is 5.91 Å². The zero-order valence-corrected chi connectivity index (χ0v) is 17.1. The number of carbonyl (C=O) groups excluding carboxylic acids is 1. The third kappa shape index (κ3) is 5.69. The van der Waals surface area contributed by atoms with Gasteiger partial charge in [-0.3, -0.25) is 4.79 Å². The third-order valence-corrected chi connectivity index (χ3v) is 5.85. The summed E-state index contributed by atoms with van der Waals surface area (Å²) < 4.78 is 38.6. The number of thioether (sulfide) groups is 1. The molecule has 150 valence electrons. The molecule has 0 aliphatic rings. The number of hydrogen-bond donors (Lipinski definition) is 1. The number of anilines is 1. The van der Waals surface area contributed by atoms with Gasteiger partial charge >= 0.3 is 6.18 Å². The molecule has 29 heavy (non-hydrogen) atoms. The van der Waals surface area contributed by atoms with Gasteiger partial charge in [0.1, 0.15) is 0 Å². The van der Waals surface area contributed by atoms with Crippen LogP contribution in [0.4, 0.5) is 18.9 Å². The van der Waals surface area contributed by atoms with E-state index in [1.165, 1.54) is 30.0 Å². The predicted octanol–water partition coefficient (Wildman–Crippen LogP) is 7.56. The first-order valence-corrected chi connectivity index (χ1v) is 10.1. The molecule has 0 bridgehead atoms. The molecule has 0 spiro atoms. The van der Waals surface area contributed by atoms with Crippen molar-refractivity contribution in [1.82, 2.24) is 0 Å². The summed E-state index contributed by atoms with van der Waals surface area (Å²) in [5.74, 6) is -0.0421. The van der Waals surface area contributed by atoms with Gasteiger partial charge in [0.2, 0.25) is 0 Å². The molecule has 0 heterocycles. The maximum Gasteiger partial charge on any atom is 0.416 e. The molecular weight excluding hydrogens is 442 g/mol. The molecule has 1 N–H and O–H groups in total. The molecule has 3 aromatic carbocycles. The van der Waals surface area contributed by atoms with E-state index in [1.807, 2.05) is 0 Å². The average molecular weight is 456 g/mol. The van der Waals surface area contributed by atoms with Gasteiger partial charge in [-0.2, -0.15) is 13.2 Å². The number of carbonyl (C=O) groups is 1. The van der Waals surface area contributed by atoms with Gasteiger partial charge in [-0.25, -0.2) is 0 Å². The Morgan fingerprint density at radius 1 is 0.931 bits per heavy atom. The lowest BCUT2D eigenvalue weighted by molar-refractivity contribution is -0.137. The van der Waals surface area contributed by atoms with Crippen molar-refractivity contribution in [2.24, 2.45) is 0 Å². The van der Waals surface area contributed by atoms with Gasteiger partial charge in [0.15, 0.2) is 0 Å². The zero-order chi connectivity index (χ0) is 21.0. The van der Waals surface area contributed by atoms with Crippen LogP contribution in [0.3, 0.4) is 0 Å². The van der Waals surface area contributed by atoms with E-state index in [0.29, 0.717) is 27.6 Å². The number of alkyl halides is 3. The average Bonchev–Trinajstić information content (AvgIpc) is 2.69. The highest BCUT2D eigenvalue weighted by molar-refractivity contribution is 7.98. The molecule has 0 saturated carbocycles. The predicted molar refractivity (Wildman–Crippen MR) is 112 cm³/mol. The van der Waals surface area contributed by atoms with E-state index in [1.54, 1.807) is 36.4 Å². The fourth-order valence-electron chi connectivity index (χ4n) is 2.53. The van der Waals surface area contributed by atoms with Crippen molar-refractivity contribution in [2.75, 3.05) is 5.32 Å². The van der Waals surface area contributed by atoms with Crippen LogP contribution in [-0.2, 0) is 11.9 Å². The number of amides is 1. The molecule has 0 radical (unpaired) electrons. The van der Waals surface area contributed by atoms with Gasteiger partial charge in [-0.15, -0.1) is 11.8 Å². The van der Waals surface area contributed by atoms with Gasteiger partial charge in [-0.05, 0) is 42.0 Å². The maximum absolute atomic E-state index is 12.9. The van der Waals surface area contributed by atoms with Gasteiger partial charge in [0.25, 0.3) is 5.91 Å². The monoisotopic (exact) mass is 455 g/mol. The Morgan fingerprint density at radius 3 is 2.41 bits per heavy atom. The van der Waals surface area contributed by atoms with Crippen LogP contribution in [0, 0.1) is 0 Å². The van der Waals surface area contributed by atoms with E-state index in [0.717, 1.165) is 17.0 Å². The molecular formula is C21H14Cl2F3NOS. The molecule has 0 unspecified atom stereocenters. The molecule has 3 aromatic rings. The summed E-state index contributed by atoms with van der Waals surface area (Å²) in [6.45, 7) is 0. The van der Waals surface area contributed by atoms with E-state index in [4.69, 9.17) is 23.2 Å². The summed E-state index contributed by atoms with van der Waals surface area (Å²) in [7, 11) is 0. The van der Waals surface area contributed by atoms with Crippen LogP contribution in [0.1, 0.15) is 21.5 Å². The lowest BCUT2D eigenvalue weighted by atomic mass is 10.1. The van der Waals surface area contributed by atoms with Crippen LogP contribution < -0.4 is 5.32 Å². The first-order valence-electron chi connectivity index (χ1n) is 8.38. The minimum absolute atomic E-state index is 0.270. The smallest absolute Gasteiger partial charge is 0.321 e. The van der Waals surface area contributed by atoms with Crippen LogP contribution in [0.25, 0.3) is 0 Å². The number of rotatable bonds is 5. The highest BCUT2D eigenvalue weighted by atomic mass is 35.5. The van der Waals surface area contributed by atoms with E-state index >= 15 is 0 Å². The molecule has 1 amide bonds. The van der Waals surface area contributed by atoms with E-state index < -0.39 is 11.7 Å². The Kier molecular flexibility index (Phi) is 6.77. The molecule has 0 saturated heterocycles. The Bertz CT molecular complexity index is 1040. The van der Waals surface area contributed by atoms with Crippen molar-refractivity contribution in [2.45, 2.75) is 16.8 Å². The van der Waals surface area contributed by atoms with Gasteiger partial charge in [0, 0.05) is 16.2 Å². The molecule has 3 rings (SSSR count). The van der Waals surface area contributed by atoms with E-state index in [2.05, 4.69) is 5.32 Å². The SMILES string of the molecule is O=C(Nc1ccccc1SCc1cccc(C(F)(F)F)c1)c1ccc(Cl)c(Cl)c1. The molecule has 2 nitrogen and oxygen atoms in total. The van der Waals surface area contributed by atoms with Crippen molar-refractivity contribution >= 4 is 46.6 Å². The molecule has 0 aromatic heterocycles. The standard InChI is InChI=1S/C21H14Cl2F3NOS/c22-16-9-8-14(11-17(16)23)20(28)27-18-6-1-2-7-19(18)29-12-13-4-3-5-15(10-13)21(24,25)26/h1-11H,12H2,(H,27,28). The minimum atomic E-state index is -4.38. The Morgan fingerprint density at radius 2 is 1.69 bits per heavy atom. The van der Waals surface area contributed by atoms with Crippen molar-refractivity contribution in [3.8, 4) is 0 Å². The van der Waals surface area contributed by atoms with Gasteiger partial charge in [-0.1, -0.05) is 53.5 Å². The number of benzene rings is 3. The number of hydrogen-bond acceptors (Lipinski definition) is 2. The second-order valence-corrected chi connectivity index (χ2v) is 7.90. The second kappa shape index (κ2) is 9.11. The third-order valence-electron chi connectivity index (χ3n) is 3.97. The van der Waals surface area contributed by atoms with Crippen LogP contribution in [0.15, 0.2) is 71.6 Å². The number of halogens is 5. The molecule has 0 aliphatic carbocycles. The Balaban J connectivity index is 1.74. The Labute approximate surface area is 180 Å². The first kappa shape index (κ1) is 21.6. The van der Waals surface area contributed by atoms with Crippen LogP contribution in [0.5, 0.6) is 0 Å². The Hall–Kier alpha value is -2.15. The highest BCUT2D eigenvalue weighted by Crippen LogP contribution is 2.33. The lowest BCUT2D eigenvalue weighted by Gasteiger charge is -2.12. The van der Waals surface area contributed by atoms with Crippen molar-refractivity contribution in [3.05, 3.63) is 93.5 Å². The van der Waals surface area contributed by atoms with Crippen molar-refractivity contribution in [1.29, 1.82) is 0 Å². The summed E-state index contributed by atoms with van der Waals surface area (Å²) in [4.78, 5) is 13.2. The van der Waals surface area contributed by atoms with Crippen LogP contribution in [0.2, 0.25) is 10.0 Å². The minimum Gasteiger partial charge on any atom is -0.321 e. The van der Waals surface area contributed by atoms with E-state index in [9.17, 15) is 18.0 Å². The van der Waals surface area contributed by atoms with Crippen LogP contribution >= 0.6 is 35.0 Å². The van der Waals surface area contributed by atoms with Gasteiger partial charge in [0.05, 0.1) is 21.3 Å². The van der Waals surface area contributed by atoms with Crippen molar-refractivity contribution in [3.63, 3.8) is 0 Å². The first-order chi connectivity index (χ1) is 13.7. The zero-order valence-electron chi connectivity index (χ0n) is 14.8. The molecule has 8 heteroatoms. The lowest BCUT2D eigenvalue weighted by Crippen LogP contribution is -2.12. The summed E-state index contributed by atoms with van der Waals surface area (Å²) >= 11 is 13.2. The summed E-state index contributed by atoms with van der Waals surface area (Å²) in [5.41, 5.74) is 0.755. The second-order valence-electron chi connectivity index (χ2n) is 6.07. The largest absolute Gasteiger partial charge is 0.416 e. The summed E-state index contributed by atoms with van der Waals surface area (Å²) in [6, 6.07) is 16.8. The quantitative estimate of drug-likeness (QED) is 0.402. The van der Waals surface area contributed by atoms with E-state index in [-0.39, 0.29) is 10.9 Å². The fourth-order valence-corrected chi connectivity index (χ4v) is 3.78. The normalized spacial score (nSPS) is 11.3. The highest BCUT2D eigenvalue weighted by Gasteiger charge is 2.30. The number of para-hydroxylation sites is 1. The maximum atomic E-state index is 12.9. The molecule has 0 atom stereocenters.